The molecule has 35 heavy (non-hydrogen) atoms. The van der Waals surface area contributed by atoms with Crippen molar-refractivity contribution in [2.45, 2.75) is 72.5 Å². The standard InChI is InChI=1S/C31H38N2O2/c1-6-25(5)32-31(35)29(19-26-12-8-7-9-13-26)33(21-27-14-10-11-22(2)16-27)30(34)20-28-17-23(3)15-24(4)18-28/h7-18,25,29H,6,19-21H2,1-5H3,(H,32,35)/t25-,29-/m0/s1. The van der Waals surface area contributed by atoms with Gasteiger partial charge < -0.3 is 10.2 Å². The van der Waals surface area contributed by atoms with Crippen molar-refractivity contribution in [3.8, 4) is 0 Å². The third-order valence-corrected chi connectivity index (χ3v) is 6.34. The van der Waals surface area contributed by atoms with E-state index >= 15 is 0 Å². The fraction of sp³-hybridized carbons (Fsp3) is 0.355. The third-order valence-electron chi connectivity index (χ3n) is 6.34. The molecule has 3 aromatic carbocycles. The van der Waals surface area contributed by atoms with Crippen molar-refractivity contribution in [1.29, 1.82) is 0 Å². The Morgan fingerprint density at radius 2 is 1.43 bits per heavy atom. The molecule has 0 saturated carbocycles. The van der Waals surface area contributed by atoms with Crippen molar-refractivity contribution in [3.05, 3.63) is 106 Å². The third kappa shape index (κ3) is 7.81. The van der Waals surface area contributed by atoms with Gasteiger partial charge in [0.2, 0.25) is 11.8 Å². The first kappa shape index (κ1) is 26.2. The van der Waals surface area contributed by atoms with E-state index in [9.17, 15) is 9.59 Å². The topological polar surface area (TPSA) is 49.4 Å². The van der Waals surface area contributed by atoms with Gasteiger partial charge in [-0.2, -0.15) is 0 Å². The molecule has 3 rings (SSSR count). The molecule has 4 nitrogen and oxygen atoms in total. The monoisotopic (exact) mass is 470 g/mol. The van der Waals surface area contributed by atoms with Crippen LogP contribution in [0.25, 0.3) is 0 Å². The molecule has 0 heterocycles. The van der Waals surface area contributed by atoms with Gasteiger partial charge in [0.15, 0.2) is 0 Å². The highest BCUT2D eigenvalue weighted by atomic mass is 16.2. The van der Waals surface area contributed by atoms with Crippen LogP contribution in [0.1, 0.15) is 53.6 Å². The van der Waals surface area contributed by atoms with E-state index in [1.54, 1.807) is 4.90 Å². The van der Waals surface area contributed by atoms with E-state index in [0.717, 1.165) is 39.8 Å². The zero-order chi connectivity index (χ0) is 25.4. The van der Waals surface area contributed by atoms with Crippen molar-refractivity contribution in [3.63, 3.8) is 0 Å². The summed E-state index contributed by atoms with van der Waals surface area (Å²) in [6, 6.07) is 23.8. The van der Waals surface area contributed by atoms with E-state index in [4.69, 9.17) is 0 Å². The van der Waals surface area contributed by atoms with E-state index in [0.29, 0.717) is 13.0 Å². The maximum Gasteiger partial charge on any atom is 0.243 e. The second-order valence-electron chi connectivity index (χ2n) is 9.71. The van der Waals surface area contributed by atoms with Gasteiger partial charge in [-0.3, -0.25) is 9.59 Å². The van der Waals surface area contributed by atoms with Gasteiger partial charge in [0, 0.05) is 19.0 Å². The zero-order valence-electron chi connectivity index (χ0n) is 21.7. The highest BCUT2D eigenvalue weighted by molar-refractivity contribution is 5.89. The summed E-state index contributed by atoms with van der Waals surface area (Å²) in [5, 5.41) is 3.13. The molecule has 4 heteroatoms. The molecule has 0 radical (unpaired) electrons. The predicted octanol–water partition coefficient (Wildman–Crippen LogP) is 5.71. The molecule has 184 valence electrons. The Morgan fingerprint density at radius 1 is 0.800 bits per heavy atom. The first-order valence-corrected chi connectivity index (χ1v) is 12.5. The van der Waals surface area contributed by atoms with Crippen LogP contribution in [0.15, 0.2) is 72.8 Å². The Labute approximate surface area is 210 Å². The Kier molecular flexibility index (Phi) is 9.25. The van der Waals surface area contributed by atoms with Crippen LogP contribution >= 0.6 is 0 Å². The lowest BCUT2D eigenvalue weighted by atomic mass is 10.00. The second kappa shape index (κ2) is 12.3. The molecule has 0 aliphatic carbocycles. The number of amides is 2. The molecule has 3 aromatic rings. The molecule has 2 amide bonds. The van der Waals surface area contributed by atoms with E-state index in [1.807, 2.05) is 83.1 Å². The van der Waals surface area contributed by atoms with Gasteiger partial charge in [-0.05, 0) is 50.8 Å². The number of rotatable bonds is 10. The zero-order valence-corrected chi connectivity index (χ0v) is 21.7. The lowest BCUT2D eigenvalue weighted by Crippen LogP contribution is -2.52. The fourth-order valence-corrected chi connectivity index (χ4v) is 4.45. The Morgan fingerprint density at radius 3 is 2.06 bits per heavy atom. The van der Waals surface area contributed by atoms with E-state index < -0.39 is 6.04 Å². The van der Waals surface area contributed by atoms with Crippen molar-refractivity contribution >= 4 is 11.8 Å². The molecule has 0 unspecified atom stereocenters. The van der Waals surface area contributed by atoms with E-state index in [2.05, 4.69) is 29.6 Å². The number of carbonyl (C=O) groups is 2. The average molecular weight is 471 g/mol. The van der Waals surface area contributed by atoms with Crippen LogP contribution < -0.4 is 5.32 Å². The average Bonchev–Trinajstić information content (AvgIpc) is 2.81. The summed E-state index contributed by atoms with van der Waals surface area (Å²) in [4.78, 5) is 29.2. The van der Waals surface area contributed by atoms with Gasteiger partial charge in [-0.1, -0.05) is 96.4 Å². The summed E-state index contributed by atoms with van der Waals surface area (Å²) < 4.78 is 0. The summed E-state index contributed by atoms with van der Waals surface area (Å²) >= 11 is 0. The summed E-state index contributed by atoms with van der Waals surface area (Å²) in [6.45, 7) is 10.6. The van der Waals surface area contributed by atoms with Crippen LogP contribution in [0.5, 0.6) is 0 Å². The normalized spacial score (nSPS) is 12.6. The second-order valence-corrected chi connectivity index (χ2v) is 9.71. The van der Waals surface area contributed by atoms with Gasteiger partial charge in [0.1, 0.15) is 6.04 Å². The highest BCUT2D eigenvalue weighted by Gasteiger charge is 2.31. The summed E-state index contributed by atoms with van der Waals surface area (Å²) in [5.74, 6) is -0.152. The van der Waals surface area contributed by atoms with Gasteiger partial charge in [-0.25, -0.2) is 0 Å². The van der Waals surface area contributed by atoms with Crippen LogP contribution in [0.2, 0.25) is 0 Å². The van der Waals surface area contributed by atoms with Crippen LogP contribution in [-0.4, -0.2) is 28.8 Å². The minimum absolute atomic E-state index is 0.0381. The van der Waals surface area contributed by atoms with E-state index in [1.165, 1.54) is 0 Å². The Bertz CT molecular complexity index is 1120. The lowest BCUT2D eigenvalue weighted by Gasteiger charge is -2.32. The number of nitrogens with zero attached hydrogens (tertiary/aromatic N) is 1. The molecule has 0 aliphatic heterocycles. The first-order chi connectivity index (χ1) is 16.7. The quantitative estimate of drug-likeness (QED) is 0.413. The van der Waals surface area contributed by atoms with Crippen molar-refractivity contribution < 1.29 is 9.59 Å². The summed E-state index contributed by atoms with van der Waals surface area (Å²) in [5.41, 5.74) is 6.43. The molecular weight excluding hydrogens is 432 g/mol. The number of hydrogen-bond donors (Lipinski definition) is 1. The smallest absolute Gasteiger partial charge is 0.243 e. The van der Waals surface area contributed by atoms with Crippen LogP contribution in [-0.2, 0) is 29.0 Å². The molecule has 2 atom stereocenters. The summed E-state index contributed by atoms with van der Waals surface area (Å²) in [7, 11) is 0. The molecule has 0 fully saturated rings. The molecule has 0 aromatic heterocycles. The maximum atomic E-state index is 13.9. The largest absolute Gasteiger partial charge is 0.352 e. The van der Waals surface area contributed by atoms with Crippen LogP contribution in [0, 0.1) is 20.8 Å². The van der Waals surface area contributed by atoms with Gasteiger partial charge in [0.05, 0.1) is 6.42 Å². The lowest BCUT2D eigenvalue weighted by molar-refractivity contribution is -0.141. The maximum absolute atomic E-state index is 13.9. The number of aryl methyl sites for hydroxylation is 3. The van der Waals surface area contributed by atoms with Gasteiger partial charge in [0.25, 0.3) is 0 Å². The highest BCUT2D eigenvalue weighted by Crippen LogP contribution is 2.18. The summed E-state index contributed by atoms with van der Waals surface area (Å²) in [6.07, 6.45) is 1.56. The van der Waals surface area contributed by atoms with Gasteiger partial charge in [-0.15, -0.1) is 0 Å². The Hall–Kier alpha value is -3.40. The van der Waals surface area contributed by atoms with Crippen molar-refractivity contribution in [1.82, 2.24) is 10.2 Å². The molecule has 0 saturated heterocycles. The minimum Gasteiger partial charge on any atom is -0.352 e. The number of nitrogens with one attached hydrogen (secondary N) is 1. The molecule has 0 spiro atoms. The number of carbonyl (C=O) groups excluding carboxylic acids is 2. The van der Waals surface area contributed by atoms with Crippen molar-refractivity contribution in [2.75, 3.05) is 0 Å². The molecular formula is C31H38N2O2. The number of hydrogen-bond acceptors (Lipinski definition) is 2. The molecule has 0 aliphatic rings. The first-order valence-electron chi connectivity index (χ1n) is 12.5. The fourth-order valence-electron chi connectivity index (χ4n) is 4.45. The number of benzene rings is 3. The van der Waals surface area contributed by atoms with E-state index in [-0.39, 0.29) is 24.3 Å². The van der Waals surface area contributed by atoms with Crippen LogP contribution in [0.3, 0.4) is 0 Å². The van der Waals surface area contributed by atoms with Crippen molar-refractivity contribution in [2.24, 2.45) is 0 Å². The van der Waals surface area contributed by atoms with Gasteiger partial charge >= 0.3 is 0 Å². The Balaban J connectivity index is 1.99. The molecule has 0 bridgehead atoms. The molecule has 1 N–H and O–H groups in total. The van der Waals surface area contributed by atoms with Crippen LogP contribution in [0.4, 0.5) is 0 Å². The predicted molar refractivity (Wildman–Crippen MR) is 143 cm³/mol. The minimum atomic E-state index is -0.606. The SMILES string of the molecule is CC[C@H](C)NC(=O)[C@H](Cc1ccccc1)N(Cc1cccc(C)c1)C(=O)Cc1cc(C)cc(C)c1.